The van der Waals surface area contributed by atoms with Crippen LogP contribution in [0.5, 0.6) is 11.5 Å². The Bertz CT molecular complexity index is 544. The van der Waals surface area contributed by atoms with E-state index in [1.54, 1.807) is 12.1 Å². The maximum absolute atomic E-state index is 10.2. The normalized spacial score (nSPS) is 11.3. The Morgan fingerprint density at radius 2 is 1.18 bits per heavy atom. The maximum Gasteiger partial charge on any atom is 0.119 e. The molecule has 118 valence electrons. The third-order valence-electron chi connectivity index (χ3n) is 4.15. The molecule has 0 amide bonds. The number of phenols is 2. The summed E-state index contributed by atoms with van der Waals surface area (Å²) in [7, 11) is 0. The molecule has 2 nitrogen and oxygen atoms in total. The van der Waals surface area contributed by atoms with Gasteiger partial charge < -0.3 is 10.2 Å². The topological polar surface area (TPSA) is 40.5 Å². The zero-order chi connectivity index (χ0) is 15.9. The highest BCUT2D eigenvalue weighted by molar-refractivity contribution is 5.45. The minimum atomic E-state index is 0.0366. The monoisotopic (exact) mass is 298 g/mol. The van der Waals surface area contributed by atoms with E-state index in [0.29, 0.717) is 17.4 Å². The van der Waals surface area contributed by atoms with Crippen LogP contribution in [0, 0.1) is 5.92 Å². The van der Waals surface area contributed by atoms with Crippen LogP contribution in [0.15, 0.2) is 48.5 Å². The van der Waals surface area contributed by atoms with Crippen molar-refractivity contribution in [3.63, 3.8) is 0 Å². The fraction of sp³-hybridized carbons (Fsp3) is 0.400. The molecule has 0 spiro atoms. The van der Waals surface area contributed by atoms with Crippen molar-refractivity contribution in [1.29, 1.82) is 0 Å². The first-order valence-electron chi connectivity index (χ1n) is 8.15. The minimum Gasteiger partial charge on any atom is -0.508 e. The quantitative estimate of drug-likeness (QED) is 0.668. The van der Waals surface area contributed by atoms with Crippen molar-refractivity contribution in [2.45, 2.75) is 45.4 Å². The van der Waals surface area contributed by atoms with Crippen molar-refractivity contribution in [2.24, 2.45) is 5.92 Å². The Hall–Kier alpha value is -1.96. The Balaban J connectivity index is 2.22. The van der Waals surface area contributed by atoms with Gasteiger partial charge in [-0.1, -0.05) is 69.5 Å². The van der Waals surface area contributed by atoms with Crippen molar-refractivity contribution >= 4 is 0 Å². The van der Waals surface area contributed by atoms with E-state index in [4.69, 9.17) is 0 Å². The van der Waals surface area contributed by atoms with Gasteiger partial charge in [0.25, 0.3) is 0 Å². The average Bonchev–Trinajstić information content (AvgIpc) is 2.49. The molecule has 0 heterocycles. The van der Waals surface area contributed by atoms with Gasteiger partial charge >= 0.3 is 0 Å². The molecule has 0 aliphatic carbocycles. The van der Waals surface area contributed by atoms with E-state index in [2.05, 4.69) is 13.8 Å². The second-order valence-electron chi connectivity index (χ2n) is 6.35. The highest BCUT2D eigenvalue weighted by Crippen LogP contribution is 2.38. The van der Waals surface area contributed by atoms with Crippen LogP contribution in [0.2, 0.25) is 0 Å². The molecule has 2 heteroatoms. The molecule has 0 bridgehead atoms. The van der Waals surface area contributed by atoms with E-state index in [1.807, 2.05) is 36.4 Å². The van der Waals surface area contributed by atoms with E-state index in [-0.39, 0.29) is 5.92 Å². The summed E-state index contributed by atoms with van der Waals surface area (Å²) in [4.78, 5) is 0. The molecular formula is C20H26O2. The van der Waals surface area contributed by atoms with Crippen LogP contribution in [0.3, 0.4) is 0 Å². The molecule has 0 fully saturated rings. The molecule has 2 rings (SSSR count). The second kappa shape index (κ2) is 7.88. The van der Waals surface area contributed by atoms with Gasteiger partial charge in [0.15, 0.2) is 0 Å². The second-order valence-corrected chi connectivity index (χ2v) is 6.35. The fourth-order valence-corrected chi connectivity index (χ4v) is 2.94. The van der Waals surface area contributed by atoms with Crippen LogP contribution in [0.1, 0.15) is 56.6 Å². The van der Waals surface area contributed by atoms with Crippen LogP contribution in [0.25, 0.3) is 0 Å². The van der Waals surface area contributed by atoms with Crippen LogP contribution in [-0.4, -0.2) is 10.2 Å². The predicted molar refractivity (Wildman–Crippen MR) is 91.4 cm³/mol. The molecular weight excluding hydrogens is 272 g/mol. The molecule has 0 aliphatic heterocycles. The summed E-state index contributed by atoms with van der Waals surface area (Å²) in [6, 6.07) is 14.9. The molecule has 2 aromatic carbocycles. The van der Waals surface area contributed by atoms with Crippen molar-refractivity contribution in [2.75, 3.05) is 0 Å². The first-order chi connectivity index (χ1) is 10.6. The summed E-state index contributed by atoms with van der Waals surface area (Å²) >= 11 is 0. The van der Waals surface area contributed by atoms with Crippen LogP contribution < -0.4 is 0 Å². The van der Waals surface area contributed by atoms with E-state index < -0.39 is 0 Å². The minimum absolute atomic E-state index is 0.0366. The molecule has 2 aromatic rings. The first-order valence-corrected chi connectivity index (χ1v) is 8.15. The summed E-state index contributed by atoms with van der Waals surface area (Å²) in [6.07, 6.45) is 4.41. The van der Waals surface area contributed by atoms with Gasteiger partial charge in [-0.15, -0.1) is 0 Å². The van der Waals surface area contributed by atoms with Crippen molar-refractivity contribution in [3.8, 4) is 11.5 Å². The van der Waals surface area contributed by atoms with Gasteiger partial charge in [0.1, 0.15) is 11.5 Å². The highest BCUT2D eigenvalue weighted by atomic mass is 16.3. The molecule has 2 N–H and O–H groups in total. The smallest absolute Gasteiger partial charge is 0.119 e. The third-order valence-corrected chi connectivity index (χ3v) is 4.15. The first kappa shape index (κ1) is 16.4. The summed E-state index contributed by atoms with van der Waals surface area (Å²) in [5, 5.41) is 20.4. The largest absolute Gasteiger partial charge is 0.508 e. The number of hydrogen-bond donors (Lipinski definition) is 2. The molecule has 0 saturated carbocycles. The summed E-state index contributed by atoms with van der Waals surface area (Å²) in [5.74, 6) is 1.36. The summed E-state index contributed by atoms with van der Waals surface area (Å²) < 4.78 is 0. The highest BCUT2D eigenvalue weighted by Gasteiger charge is 2.19. The summed E-state index contributed by atoms with van der Waals surface area (Å²) in [6.45, 7) is 4.48. The number of phenolic OH excluding ortho intramolecular Hbond substituents is 2. The number of rotatable bonds is 7. The van der Waals surface area contributed by atoms with E-state index >= 15 is 0 Å². The molecule has 0 aliphatic rings. The lowest BCUT2D eigenvalue weighted by molar-refractivity contribution is 0.445. The molecule has 0 atom stereocenters. The predicted octanol–water partition coefficient (Wildman–Crippen LogP) is 5.45. The van der Waals surface area contributed by atoms with Crippen LogP contribution >= 0.6 is 0 Å². The van der Waals surface area contributed by atoms with Crippen molar-refractivity contribution in [3.05, 3.63) is 59.7 Å². The Kier molecular flexibility index (Phi) is 5.88. The van der Waals surface area contributed by atoms with Gasteiger partial charge in [-0.25, -0.2) is 0 Å². The number of benzene rings is 2. The zero-order valence-corrected chi connectivity index (χ0v) is 13.5. The van der Waals surface area contributed by atoms with Gasteiger partial charge in [0.2, 0.25) is 0 Å². The Morgan fingerprint density at radius 3 is 1.64 bits per heavy atom. The molecule has 0 radical (unpaired) electrons. The SMILES string of the molecule is CC(C)CCCCC(c1ccccc1O)c1ccccc1O. The number of unbranched alkanes of at least 4 members (excludes halogenated alkanes) is 1. The standard InChI is InChI=1S/C20H26O2/c1-15(2)9-3-4-10-16(17-11-5-7-13-19(17)21)18-12-6-8-14-20(18)22/h5-8,11-16,21-22H,3-4,9-10H2,1-2H3. The average molecular weight is 298 g/mol. The Morgan fingerprint density at radius 1 is 0.727 bits per heavy atom. The number of aromatic hydroxyl groups is 2. The van der Waals surface area contributed by atoms with Crippen LogP contribution in [0.4, 0.5) is 0 Å². The molecule has 0 saturated heterocycles. The third kappa shape index (κ3) is 4.27. The fourth-order valence-electron chi connectivity index (χ4n) is 2.94. The lowest BCUT2D eigenvalue weighted by Crippen LogP contribution is -2.03. The van der Waals surface area contributed by atoms with Crippen molar-refractivity contribution in [1.82, 2.24) is 0 Å². The van der Waals surface area contributed by atoms with Gasteiger partial charge in [0, 0.05) is 17.0 Å². The van der Waals surface area contributed by atoms with E-state index in [9.17, 15) is 10.2 Å². The maximum atomic E-state index is 10.2. The van der Waals surface area contributed by atoms with Crippen molar-refractivity contribution < 1.29 is 10.2 Å². The van der Waals surface area contributed by atoms with Gasteiger partial charge in [-0.2, -0.15) is 0 Å². The molecule has 0 unspecified atom stereocenters. The molecule has 0 aromatic heterocycles. The number of hydrogen-bond acceptors (Lipinski definition) is 2. The zero-order valence-electron chi connectivity index (χ0n) is 13.5. The van der Waals surface area contributed by atoms with E-state index in [0.717, 1.165) is 24.0 Å². The Labute approximate surface area is 133 Å². The van der Waals surface area contributed by atoms with Gasteiger partial charge in [0.05, 0.1) is 0 Å². The number of para-hydroxylation sites is 2. The van der Waals surface area contributed by atoms with Gasteiger partial charge in [-0.3, -0.25) is 0 Å². The van der Waals surface area contributed by atoms with Gasteiger partial charge in [-0.05, 0) is 24.5 Å². The summed E-state index contributed by atoms with van der Waals surface area (Å²) in [5.41, 5.74) is 1.79. The molecule has 22 heavy (non-hydrogen) atoms. The lowest BCUT2D eigenvalue weighted by Gasteiger charge is -2.20. The lowest BCUT2D eigenvalue weighted by atomic mass is 9.85. The van der Waals surface area contributed by atoms with Crippen LogP contribution in [-0.2, 0) is 0 Å². The van der Waals surface area contributed by atoms with E-state index in [1.165, 1.54) is 12.8 Å².